The van der Waals surface area contributed by atoms with E-state index in [4.69, 9.17) is 5.73 Å². The maximum Gasteiger partial charge on any atom is 0.283 e. The van der Waals surface area contributed by atoms with Gasteiger partial charge in [0, 0.05) is 0 Å². The van der Waals surface area contributed by atoms with E-state index in [-0.39, 0.29) is 5.91 Å². The van der Waals surface area contributed by atoms with Crippen LogP contribution in [0.1, 0.15) is 33.4 Å². The normalized spacial score (nSPS) is 11.4. The maximum absolute atomic E-state index is 12.0. The average molecular weight is 288 g/mol. The molecule has 0 aliphatic heterocycles. The van der Waals surface area contributed by atoms with Gasteiger partial charge in [-0.25, -0.2) is 10.4 Å². The second-order valence-corrected chi connectivity index (χ2v) is 5.50. The Labute approximate surface area is 121 Å². The van der Waals surface area contributed by atoms with Crippen molar-refractivity contribution in [2.24, 2.45) is 5.10 Å². The molecule has 1 aromatic carbocycles. The molecule has 0 unspecified atom stereocenters. The lowest BCUT2D eigenvalue weighted by atomic mass is 10.1. The summed E-state index contributed by atoms with van der Waals surface area (Å²) in [5.41, 5.74) is 11.6. The molecule has 2 aromatic rings. The monoisotopic (exact) mass is 288 g/mol. The first-order valence-electron chi connectivity index (χ1n) is 6.12. The summed E-state index contributed by atoms with van der Waals surface area (Å²) in [7, 11) is 0. The summed E-state index contributed by atoms with van der Waals surface area (Å²) in [5.74, 6) is -0.289. The number of hydrazone groups is 1. The van der Waals surface area contributed by atoms with Gasteiger partial charge in [-0.3, -0.25) is 4.79 Å². The van der Waals surface area contributed by atoms with Crippen LogP contribution in [0.25, 0.3) is 0 Å². The molecule has 2 rings (SSSR count). The molecule has 3 N–H and O–H groups in total. The highest BCUT2D eigenvalue weighted by Crippen LogP contribution is 2.19. The maximum atomic E-state index is 12.0. The molecular weight excluding hydrogens is 272 g/mol. The van der Waals surface area contributed by atoms with Crippen molar-refractivity contribution in [1.82, 2.24) is 10.4 Å². The molecule has 0 aliphatic rings. The topological polar surface area (TPSA) is 80.4 Å². The van der Waals surface area contributed by atoms with Gasteiger partial charge in [0.15, 0.2) is 5.13 Å². The summed E-state index contributed by atoms with van der Waals surface area (Å²) >= 11 is 1.16. The van der Waals surface area contributed by atoms with Gasteiger partial charge in [0.1, 0.15) is 4.88 Å². The van der Waals surface area contributed by atoms with Crippen LogP contribution in [-0.2, 0) is 0 Å². The van der Waals surface area contributed by atoms with Crippen molar-refractivity contribution >= 4 is 28.1 Å². The molecule has 1 heterocycles. The van der Waals surface area contributed by atoms with Gasteiger partial charge in [0.05, 0.1) is 11.4 Å². The number of nitrogens with one attached hydrogen (secondary N) is 1. The SMILES string of the molecule is C/C(=N/NC(=O)c1sc(N)nc1C)c1ccc(C)cc1. The Hall–Kier alpha value is -2.21. The number of hydrogen-bond acceptors (Lipinski definition) is 5. The Balaban J connectivity index is 2.10. The predicted octanol–water partition coefficient (Wildman–Crippen LogP) is 2.50. The molecule has 0 saturated carbocycles. The smallest absolute Gasteiger partial charge is 0.283 e. The predicted molar refractivity (Wildman–Crippen MR) is 82.1 cm³/mol. The molecule has 104 valence electrons. The zero-order valence-electron chi connectivity index (χ0n) is 11.6. The third kappa shape index (κ3) is 3.21. The molecule has 0 aliphatic carbocycles. The standard InChI is InChI=1S/C14H16N4OS/c1-8-4-6-11(7-5-8)9(2)17-18-13(19)12-10(3)16-14(15)20-12/h4-7H,1-3H3,(H2,15,16)(H,18,19)/b17-9-. The highest BCUT2D eigenvalue weighted by atomic mass is 32.1. The number of nitrogens with two attached hydrogens (primary N) is 1. The molecule has 0 bridgehead atoms. The number of rotatable bonds is 3. The van der Waals surface area contributed by atoms with Gasteiger partial charge < -0.3 is 5.73 Å². The van der Waals surface area contributed by atoms with Crippen molar-refractivity contribution in [2.75, 3.05) is 5.73 Å². The minimum atomic E-state index is -0.289. The van der Waals surface area contributed by atoms with Crippen LogP contribution in [-0.4, -0.2) is 16.6 Å². The Kier molecular flexibility index (Phi) is 4.14. The van der Waals surface area contributed by atoms with Crippen molar-refractivity contribution in [1.29, 1.82) is 0 Å². The van der Waals surface area contributed by atoms with E-state index in [0.717, 1.165) is 22.6 Å². The lowest BCUT2D eigenvalue weighted by molar-refractivity contribution is 0.0958. The number of amides is 1. The van der Waals surface area contributed by atoms with Crippen molar-refractivity contribution in [3.8, 4) is 0 Å². The van der Waals surface area contributed by atoms with Gasteiger partial charge in [-0.05, 0) is 26.3 Å². The summed E-state index contributed by atoms with van der Waals surface area (Å²) in [6.45, 7) is 5.62. The number of hydrogen-bond donors (Lipinski definition) is 2. The number of anilines is 1. The van der Waals surface area contributed by atoms with Crippen LogP contribution in [0, 0.1) is 13.8 Å². The third-order valence-corrected chi connectivity index (χ3v) is 3.80. The fourth-order valence-corrected chi connectivity index (χ4v) is 2.40. The summed E-state index contributed by atoms with van der Waals surface area (Å²) in [4.78, 5) is 16.5. The van der Waals surface area contributed by atoms with E-state index in [1.165, 1.54) is 5.56 Å². The Morgan fingerprint density at radius 2 is 1.95 bits per heavy atom. The van der Waals surface area contributed by atoms with Crippen molar-refractivity contribution in [3.63, 3.8) is 0 Å². The molecular formula is C14H16N4OS. The van der Waals surface area contributed by atoms with E-state index in [0.29, 0.717) is 15.7 Å². The van der Waals surface area contributed by atoms with Crippen LogP contribution >= 0.6 is 11.3 Å². The summed E-state index contributed by atoms with van der Waals surface area (Å²) in [5, 5.41) is 4.49. The largest absolute Gasteiger partial charge is 0.375 e. The van der Waals surface area contributed by atoms with Gasteiger partial charge in [0.2, 0.25) is 0 Å². The van der Waals surface area contributed by atoms with Gasteiger partial charge in [-0.15, -0.1) is 0 Å². The van der Waals surface area contributed by atoms with E-state index >= 15 is 0 Å². The zero-order chi connectivity index (χ0) is 14.7. The lowest BCUT2D eigenvalue weighted by Gasteiger charge is -2.02. The fourth-order valence-electron chi connectivity index (χ4n) is 1.67. The van der Waals surface area contributed by atoms with Crippen LogP contribution in [0.15, 0.2) is 29.4 Å². The third-order valence-electron chi connectivity index (χ3n) is 2.81. The van der Waals surface area contributed by atoms with Gasteiger partial charge in [-0.1, -0.05) is 41.2 Å². The number of carbonyl (C=O) groups excluding carboxylic acids is 1. The van der Waals surface area contributed by atoms with E-state index in [1.54, 1.807) is 6.92 Å². The Morgan fingerprint density at radius 1 is 1.30 bits per heavy atom. The van der Waals surface area contributed by atoms with E-state index in [1.807, 2.05) is 38.1 Å². The molecule has 20 heavy (non-hydrogen) atoms. The molecule has 0 saturated heterocycles. The minimum Gasteiger partial charge on any atom is -0.375 e. The number of thiazole rings is 1. The second-order valence-electron chi connectivity index (χ2n) is 4.47. The Morgan fingerprint density at radius 3 is 2.50 bits per heavy atom. The van der Waals surface area contributed by atoms with E-state index in [9.17, 15) is 4.79 Å². The molecule has 0 spiro atoms. The first kappa shape index (κ1) is 14.2. The van der Waals surface area contributed by atoms with Crippen molar-refractivity contribution in [3.05, 3.63) is 46.0 Å². The zero-order valence-corrected chi connectivity index (χ0v) is 12.4. The summed E-state index contributed by atoms with van der Waals surface area (Å²) in [6, 6.07) is 7.95. The van der Waals surface area contributed by atoms with Crippen LogP contribution in [0.5, 0.6) is 0 Å². The van der Waals surface area contributed by atoms with E-state index < -0.39 is 0 Å². The number of aromatic nitrogens is 1. The number of benzene rings is 1. The van der Waals surface area contributed by atoms with Crippen molar-refractivity contribution < 1.29 is 4.79 Å². The van der Waals surface area contributed by atoms with Crippen LogP contribution < -0.4 is 11.2 Å². The van der Waals surface area contributed by atoms with Crippen LogP contribution in [0.3, 0.4) is 0 Å². The van der Waals surface area contributed by atoms with Crippen LogP contribution in [0.4, 0.5) is 5.13 Å². The molecule has 6 heteroatoms. The van der Waals surface area contributed by atoms with Gasteiger partial charge in [0.25, 0.3) is 5.91 Å². The molecule has 0 radical (unpaired) electrons. The molecule has 1 amide bonds. The fraction of sp³-hybridized carbons (Fsp3) is 0.214. The molecule has 0 fully saturated rings. The average Bonchev–Trinajstić information content (AvgIpc) is 2.75. The highest BCUT2D eigenvalue weighted by Gasteiger charge is 2.13. The molecule has 1 aromatic heterocycles. The van der Waals surface area contributed by atoms with Gasteiger partial charge >= 0.3 is 0 Å². The number of aryl methyl sites for hydroxylation is 2. The quantitative estimate of drug-likeness (QED) is 0.672. The second kappa shape index (κ2) is 5.83. The number of nitrogen functional groups attached to an aromatic ring is 1. The first-order valence-corrected chi connectivity index (χ1v) is 6.93. The minimum absolute atomic E-state index is 0.289. The number of carbonyl (C=O) groups is 1. The number of nitrogens with zero attached hydrogens (tertiary/aromatic N) is 2. The highest BCUT2D eigenvalue weighted by molar-refractivity contribution is 7.17. The van der Waals surface area contributed by atoms with Crippen LogP contribution in [0.2, 0.25) is 0 Å². The molecule has 0 atom stereocenters. The molecule has 5 nitrogen and oxygen atoms in total. The van der Waals surface area contributed by atoms with Gasteiger partial charge in [-0.2, -0.15) is 5.10 Å². The van der Waals surface area contributed by atoms with Crippen molar-refractivity contribution in [2.45, 2.75) is 20.8 Å². The van der Waals surface area contributed by atoms with E-state index in [2.05, 4.69) is 15.5 Å². The summed E-state index contributed by atoms with van der Waals surface area (Å²) < 4.78 is 0. The lowest BCUT2D eigenvalue weighted by Crippen LogP contribution is -2.19. The summed E-state index contributed by atoms with van der Waals surface area (Å²) in [6.07, 6.45) is 0. The Bertz CT molecular complexity index is 658. The first-order chi connectivity index (χ1) is 9.47.